The highest BCUT2D eigenvalue weighted by Crippen LogP contribution is 2.24. The van der Waals surface area contributed by atoms with E-state index in [9.17, 15) is 9.59 Å². The van der Waals surface area contributed by atoms with Crippen molar-refractivity contribution in [1.82, 2.24) is 0 Å². The number of anilines is 1. The highest BCUT2D eigenvalue weighted by molar-refractivity contribution is 6.62. The number of para-hydroxylation sites is 1. The zero-order chi connectivity index (χ0) is 18.9. The Hall–Kier alpha value is -2.95. The molecule has 1 unspecified atom stereocenters. The number of carbonyl (C=O) groups is 2. The molecule has 134 valence electrons. The van der Waals surface area contributed by atoms with Gasteiger partial charge in [0.2, 0.25) is 0 Å². The lowest BCUT2D eigenvalue weighted by molar-refractivity contribution is -0.141. The summed E-state index contributed by atoms with van der Waals surface area (Å²) in [7, 11) is 0. The number of ketones is 1. The van der Waals surface area contributed by atoms with Gasteiger partial charge in [-0.1, -0.05) is 41.9 Å². The number of carbonyl (C=O) groups excluding carboxylic acids is 2. The molecule has 26 heavy (non-hydrogen) atoms. The lowest BCUT2D eigenvalue weighted by Crippen LogP contribution is -2.30. The summed E-state index contributed by atoms with van der Waals surface area (Å²) >= 11 is 5.93. The van der Waals surface area contributed by atoms with Gasteiger partial charge in [-0.15, -0.1) is 0 Å². The molecule has 0 aliphatic carbocycles. The summed E-state index contributed by atoms with van der Waals surface area (Å²) in [5.74, 6) is -1.58. The van der Waals surface area contributed by atoms with E-state index in [4.69, 9.17) is 21.9 Å². The fraction of sp³-hybridized carbons (Fsp3) is 0.211. The average Bonchev–Trinajstić information content (AvgIpc) is 2.63. The van der Waals surface area contributed by atoms with E-state index in [0.29, 0.717) is 5.02 Å². The zero-order valence-electron chi connectivity index (χ0n) is 14.2. The van der Waals surface area contributed by atoms with Crippen LogP contribution in [0.5, 0.6) is 0 Å². The zero-order valence-corrected chi connectivity index (χ0v) is 14.9. The van der Waals surface area contributed by atoms with Crippen molar-refractivity contribution in [1.29, 1.82) is 0 Å². The molecule has 2 rings (SSSR count). The molecule has 0 amide bonds. The van der Waals surface area contributed by atoms with Crippen molar-refractivity contribution in [2.45, 2.75) is 19.4 Å². The number of hydrogen-bond acceptors (Lipinski definition) is 4. The molecule has 0 fully saturated rings. The molecule has 2 aromatic rings. The number of nitrogens with one attached hydrogen (secondary N) is 1. The van der Waals surface area contributed by atoms with Gasteiger partial charge in [0.15, 0.2) is 0 Å². The van der Waals surface area contributed by atoms with Gasteiger partial charge in [0, 0.05) is 17.1 Å². The molecular formula is C19H18ClN3O3. The minimum absolute atomic E-state index is 0.0774. The summed E-state index contributed by atoms with van der Waals surface area (Å²) in [4.78, 5) is 27.1. The van der Waals surface area contributed by atoms with Crippen LogP contribution in [0.3, 0.4) is 0 Å². The largest absolute Gasteiger partial charge is 0.457 e. The highest BCUT2D eigenvalue weighted by atomic mass is 35.5. The maximum Gasteiger partial charge on any atom is 0.441 e. The van der Waals surface area contributed by atoms with Gasteiger partial charge in [0.25, 0.3) is 5.78 Å². The number of nitrogens with zero attached hydrogens (tertiary/aromatic N) is 2. The standard InChI is InChI=1S/C19H18ClN3O3/c1-2-26-19(25)18(23-21)17(24)12-16(13-8-10-14(20)11-9-13)22-15-6-4-3-5-7-15/h3-11,16,22H,2,12H2,1H3. The van der Waals surface area contributed by atoms with Crippen LogP contribution in [-0.2, 0) is 14.3 Å². The van der Waals surface area contributed by atoms with E-state index in [1.807, 2.05) is 30.3 Å². The molecule has 0 aliphatic heterocycles. The molecule has 1 N–H and O–H groups in total. The summed E-state index contributed by atoms with van der Waals surface area (Å²) in [6.45, 7) is 1.68. The van der Waals surface area contributed by atoms with Crippen molar-refractivity contribution >= 4 is 34.8 Å². The van der Waals surface area contributed by atoms with Crippen LogP contribution < -0.4 is 5.32 Å². The first kappa shape index (κ1) is 19.4. The predicted octanol–water partition coefficient (Wildman–Crippen LogP) is 3.69. The third kappa shape index (κ3) is 5.28. The molecule has 0 aromatic heterocycles. The number of rotatable bonds is 8. The summed E-state index contributed by atoms with van der Waals surface area (Å²) in [5.41, 5.74) is 10.0. The van der Waals surface area contributed by atoms with Crippen molar-refractivity contribution in [3.63, 3.8) is 0 Å². The van der Waals surface area contributed by atoms with E-state index < -0.39 is 23.5 Å². The number of esters is 1. The van der Waals surface area contributed by atoms with E-state index in [0.717, 1.165) is 11.3 Å². The van der Waals surface area contributed by atoms with Gasteiger partial charge in [-0.3, -0.25) is 4.79 Å². The quantitative estimate of drug-likeness (QED) is 0.252. The average molecular weight is 372 g/mol. The fourth-order valence-corrected chi connectivity index (χ4v) is 2.50. The van der Waals surface area contributed by atoms with E-state index in [-0.39, 0.29) is 13.0 Å². The van der Waals surface area contributed by atoms with Gasteiger partial charge < -0.3 is 15.6 Å². The topological polar surface area (TPSA) is 91.8 Å². The van der Waals surface area contributed by atoms with Gasteiger partial charge in [-0.25, -0.2) is 4.79 Å². The number of benzene rings is 2. The Morgan fingerprint density at radius 1 is 1.15 bits per heavy atom. The number of halogens is 1. The normalized spacial score (nSPS) is 11.2. The van der Waals surface area contributed by atoms with Crippen LogP contribution in [0.25, 0.3) is 5.53 Å². The van der Waals surface area contributed by atoms with E-state index >= 15 is 0 Å². The molecule has 0 radical (unpaired) electrons. The molecule has 7 heteroatoms. The molecule has 0 spiro atoms. The van der Waals surface area contributed by atoms with Gasteiger partial charge in [0.05, 0.1) is 12.6 Å². The van der Waals surface area contributed by atoms with Crippen LogP contribution >= 0.6 is 11.6 Å². The van der Waals surface area contributed by atoms with Crippen molar-refractivity contribution in [2.24, 2.45) is 0 Å². The highest BCUT2D eigenvalue weighted by Gasteiger charge is 2.33. The van der Waals surface area contributed by atoms with Gasteiger partial charge in [0.1, 0.15) is 0 Å². The lowest BCUT2D eigenvalue weighted by Gasteiger charge is -2.19. The van der Waals surface area contributed by atoms with Crippen LogP contribution in [0.2, 0.25) is 5.02 Å². The monoisotopic (exact) mass is 371 g/mol. The van der Waals surface area contributed by atoms with Gasteiger partial charge >= 0.3 is 11.7 Å². The molecule has 1 atom stereocenters. The van der Waals surface area contributed by atoms with Crippen LogP contribution in [0.4, 0.5) is 5.69 Å². The number of Topliss-reactive ketones (excluding diaryl/α,β-unsaturated/α-hetero) is 1. The second kappa shape index (κ2) is 9.51. The summed E-state index contributed by atoms with van der Waals surface area (Å²) in [6.07, 6.45) is -0.102. The molecule has 0 bridgehead atoms. The van der Waals surface area contributed by atoms with E-state index in [2.05, 4.69) is 10.1 Å². The van der Waals surface area contributed by atoms with Crippen molar-refractivity contribution in [2.75, 3.05) is 11.9 Å². The minimum atomic E-state index is -0.949. The summed E-state index contributed by atoms with van der Waals surface area (Å²) in [6, 6.07) is 15.9. The maximum absolute atomic E-state index is 12.5. The molecule has 6 nitrogen and oxygen atoms in total. The third-order valence-electron chi connectivity index (χ3n) is 3.61. The Bertz CT molecular complexity index is 816. The Morgan fingerprint density at radius 3 is 2.38 bits per heavy atom. The van der Waals surface area contributed by atoms with Crippen LogP contribution in [-0.4, -0.2) is 28.9 Å². The molecular weight excluding hydrogens is 354 g/mol. The van der Waals surface area contributed by atoms with Crippen molar-refractivity contribution in [3.8, 4) is 0 Å². The summed E-state index contributed by atoms with van der Waals surface area (Å²) < 4.78 is 4.75. The molecule has 0 aliphatic rings. The van der Waals surface area contributed by atoms with E-state index in [1.54, 1.807) is 31.2 Å². The second-order valence-corrected chi connectivity index (χ2v) is 5.85. The van der Waals surface area contributed by atoms with Crippen LogP contribution in [0.15, 0.2) is 54.6 Å². The smallest absolute Gasteiger partial charge is 0.441 e. The van der Waals surface area contributed by atoms with Crippen molar-refractivity contribution < 1.29 is 19.1 Å². The molecule has 0 heterocycles. The van der Waals surface area contributed by atoms with E-state index in [1.165, 1.54) is 0 Å². The minimum Gasteiger partial charge on any atom is -0.457 e. The van der Waals surface area contributed by atoms with Crippen LogP contribution in [0, 0.1) is 0 Å². The van der Waals surface area contributed by atoms with Gasteiger partial charge in [-0.2, -0.15) is 4.79 Å². The number of hydrogen-bond donors (Lipinski definition) is 1. The summed E-state index contributed by atoms with van der Waals surface area (Å²) in [5, 5.41) is 3.81. The first-order valence-corrected chi connectivity index (χ1v) is 8.42. The Kier molecular flexibility index (Phi) is 7.09. The fourth-order valence-electron chi connectivity index (χ4n) is 2.37. The second-order valence-electron chi connectivity index (χ2n) is 5.41. The first-order valence-electron chi connectivity index (χ1n) is 8.04. The lowest BCUT2D eigenvalue weighted by atomic mass is 9.99. The van der Waals surface area contributed by atoms with Crippen LogP contribution in [0.1, 0.15) is 24.9 Å². The maximum atomic E-state index is 12.5. The SMILES string of the molecule is CCOC(=O)C(=[N+]=[N-])C(=O)CC(Nc1ccccc1)c1ccc(Cl)cc1. The van der Waals surface area contributed by atoms with Crippen molar-refractivity contribution in [3.05, 3.63) is 70.7 Å². The Labute approximate surface area is 156 Å². The molecule has 0 saturated heterocycles. The molecule has 0 saturated carbocycles. The molecule has 2 aromatic carbocycles. The third-order valence-corrected chi connectivity index (χ3v) is 3.86. The number of ether oxygens (including phenoxy) is 1. The first-order chi connectivity index (χ1) is 12.5. The Morgan fingerprint density at radius 2 is 1.81 bits per heavy atom. The van der Waals surface area contributed by atoms with Gasteiger partial charge in [-0.05, 0) is 36.8 Å². The predicted molar refractivity (Wildman–Crippen MR) is 99.1 cm³/mol. The Balaban J connectivity index is 2.25.